The van der Waals surface area contributed by atoms with E-state index in [0.717, 1.165) is 11.1 Å². The van der Waals surface area contributed by atoms with E-state index in [2.05, 4.69) is 20.6 Å². The Balaban J connectivity index is 1.75. The summed E-state index contributed by atoms with van der Waals surface area (Å²) in [6, 6.07) is 8.89. The molecule has 3 N–H and O–H groups in total. The summed E-state index contributed by atoms with van der Waals surface area (Å²) < 4.78 is 33.2. The minimum Gasteiger partial charge on any atom is -0.495 e. The summed E-state index contributed by atoms with van der Waals surface area (Å²) in [5.74, 6) is 0.324. The van der Waals surface area contributed by atoms with Crippen LogP contribution in [0.25, 0.3) is 0 Å². The van der Waals surface area contributed by atoms with Crippen LogP contribution in [-0.4, -0.2) is 26.7 Å². The minimum absolute atomic E-state index is 0.0140. The molecule has 1 aromatic carbocycles. The van der Waals surface area contributed by atoms with E-state index in [1.54, 1.807) is 24.5 Å². The molecule has 7 nitrogen and oxygen atoms in total. The van der Waals surface area contributed by atoms with Gasteiger partial charge < -0.3 is 4.74 Å². The van der Waals surface area contributed by atoms with Gasteiger partial charge >= 0.3 is 0 Å². The number of hydrogen-bond donors (Lipinski definition) is 3. The fourth-order valence-corrected chi connectivity index (χ4v) is 4.11. The number of sulfonamides is 1. The van der Waals surface area contributed by atoms with Gasteiger partial charge in [-0.2, -0.15) is 4.72 Å². The maximum Gasteiger partial charge on any atom is 0.245 e. The zero-order valence-corrected chi connectivity index (χ0v) is 14.3. The summed E-state index contributed by atoms with van der Waals surface area (Å²) in [7, 11) is -2.25. The predicted molar refractivity (Wildman–Crippen MR) is 89.7 cm³/mol. The third-order valence-electron chi connectivity index (χ3n) is 3.92. The SMILES string of the molecule is COc1ccc(C)cc1S(=O)(=O)NC1CC(c2ccncc2)NN1. The van der Waals surface area contributed by atoms with Crippen molar-refractivity contribution in [2.75, 3.05) is 7.11 Å². The summed E-state index contributed by atoms with van der Waals surface area (Å²) in [4.78, 5) is 4.13. The van der Waals surface area contributed by atoms with Crippen molar-refractivity contribution in [3.8, 4) is 5.75 Å². The van der Waals surface area contributed by atoms with Crippen LogP contribution < -0.4 is 20.3 Å². The Morgan fingerprint density at radius 2 is 1.96 bits per heavy atom. The van der Waals surface area contributed by atoms with Gasteiger partial charge in [0.2, 0.25) is 10.0 Å². The summed E-state index contributed by atoms with van der Waals surface area (Å²) in [5, 5.41) is 0. The molecule has 0 bridgehead atoms. The highest BCUT2D eigenvalue weighted by Crippen LogP contribution is 2.26. The molecular formula is C16H20N4O3S. The van der Waals surface area contributed by atoms with Crippen LogP contribution in [0.1, 0.15) is 23.6 Å². The molecular weight excluding hydrogens is 328 g/mol. The average molecular weight is 348 g/mol. The molecule has 1 saturated heterocycles. The van der Waals surface area contributed by atoms with Crippen molar-refractivity contribution in [2.24, 2.45) is 0 Å². The number of rotatable bonds is 5. The zero-order valence-electron chi connectivity index (χ0n) is 13.5. The molecule has 0 aliphatic carbocycles. The highest BCUT2D eigenvalue weighted by molar-refractivity contribution is 7.89. The molecule has 0 radical (unpaired) electrons. The van der Waals surface area contributed by atoms with Gasteiger partial charge in [0.1, 0.15) is 10.6 Å². The Morgan fingerprint density at radius 1 is 1.21 bits per heavy atom. The van der Waals surface area contributed by atoms with Crippen LogP contribution >= 0.6 is 0 Å². The van der Waals surface area contributed by atoms with Gasteiger partial charge in [-0.1, -0.05) is 6.07 Å². The second-order valence-corrected chi connectivity index (χ2v) is 7.37. The highest BCUT2D eigenvalue weighted by Gasteiger charge is 2.30. The van der Waals surface area contributed by atoms with Gasteiger partial charge in [0.05, 0.1) is 13.3 Å². The van der Waals surface area contributed by atoms with E-state index >= 15 is 0 Å². The lowest BCUT2D eigenvalue weighted by atomic mass is 10.1. The molecule has 1 aromatic heterocycles. The molecule has 0 spiro atoms. The standard InChI is InChI=1S/C16H20N4O3S/c1-11-3-4-14(23-2)15(9-11)24(21,22)20-16-10-13(18-19-16)12-5-7-17-8-6-12/h3-9,13,16,18-20H,10H2,1-2H3. The lowest BCUT2D eigenvalue weighted by molar-refractivity contribution is 0.401. The number of hydrogen-bond acceptors (Lipinski definition) is 6. The molecule has 1 aliphatic heterocycles. The van der Waals surface area contributed by atoms with Crippen LogP contribution in [0.2, 0.25) is 0 Å². The van der Waals surface area contributed by atoms with Gasteiger partial charge in [-0.05, 0) is 48.7 Å². The van der Waals surface area contributed by atoms with Gasteiger partial charge in [-0.25, -0.2) is 19.3 Å². The summed E-state index contributed by atoms with van der Waals surface area (Å²) in [6.07, 6.45) is 3.59. The Bertz CT molecular complexity index is 811. The first-order valence-electron chi connectivity index (χ1n) is 7.57. The van der Waals surface area contributed by atoms with Crippen molar-refractivity contribution in [2.45, 2.75) is 30.4 Å². The normalized spacial score (nSPS) is 20.9. The zero-order chi connectivity index (χ0) is 17.2. The van der Waals surface area contributed by atoms with Gasteiger partial charge in [-0.3, -0.25) is 4.98 Å². The van der Waals surface area contributed by atoms with Crippen molar-refractivity contribution in [3.63, 3.8) is 0 Å². The Labute approximate surface area is 141 Å². The van der Waals surface area contributed by atoms with E-state index in [-0.39, 0.29) is 10.9 Å². The maximum atomic E-state index is 12.7. The van der Waals surface area contributed by atoms with Gasteiger partial charge in [0, 0.05) is 18.4 Å². The molecule has 2 unspecified atom stereocenters. The summed E-state index contributed by atoms with van der Waals surface area (Å²) in [5.41, 5.74) is 7.98. The van der Waals surface area contributed by atoms with Gasteiger partial charge in [0.25, 0.3) is 0 Å². The smallest absolute Gasteiger partial charge is 0.245 e. The minimum atomic E-state index is -3.70. The van der Waals surface area contributed by atoms with Crippen molar-refractivity contribution >= 4 is 10.0 Å². The third-order valence-corrected chi connectivity index (χ3v) is 5.41. The van der Waals surface area contributed by atoms with Crippen molar-refractivity contribution in [1.29, 1.82) is 0 Å². The molecule has 2 heterocycles. The van der Waals surface area contributed by atoms with Crippen LogP contribution in [0.4, 0.5) is 0 Å². The second-order valence-electron chi connectivity index (χ2n) is 5.69. The molecule has 2 atom stereocenters. The summed E-state index contributed by atoms with van der Waals surface area (Å²) in [6.45, 7) is 1.84. The molecule has 128 valence electrons. The Hall–Kier alpha value is -2.00. The van der Waals surface area contributed by atoms with E-state index in [1.165, 1.54) is 7.11 Å². The molecule has 0 saturated carbocycles. The number of pyridine rings is 1. The third kappa shape index (κ3) is 3.57. The number of nitrogens with one attached hydrogen (secondary N) is 3. The molecule has 3 rings (SSSR count). The first kappa shape index (κ1) is 16.8. The van der Waals surface area contributed by atoms with E-state index in [0.29, 0.717) is 12.2 Å². The first-order chi connectivity index (χ1) is 11.5. The monoisotopic (exact) mass is 348 g/mol. The highest BCUT2D eigenvalue weighted by atomic mass is 32.2. The van der Waals surface area contributed by atoms with E-state index in [9.17, 15) is 8.42 Å². The Kier molecular flexibility index (Phi) is 4.81. The second kappa shape index (κ2) is 6.86. The van der Waals surface area contributed by atoms with Gasteiger partial charge in [-0.15, -0.1) is 0 Å². The fraction of sp³-hybridized carbons (Fsp3) is 0.312. The number of ether oxygens (including phenoxy) is 1. The lowest BCUT2D eigenvalue weighted by Crippen LogP contribution is -2.44. The van der Waals surface area contributed by atoms with E-state index in [1.807, 2.05) is 25.1 Å². The van der Waals surface area contributed by atoms with Crippen molar-refractivity contribution in [3.05, 3.63) is 53.9 Å². The van der Waals surface area contributed by atoms with Crippen molar-refractivity contribution < 1.29 is 13.2 Å². The fourth-order valence-electron chi connectivity index (χ4n) is 2.69. The maximum absolute atomic E-state index is 12.7. The first-order valence-corrected chi connectivity index (χ1v) is 9.06. The van der Waals surface area contributed by atoms with Crippen LogP contribution in [0, 0.1) is 6.92 Å². The van der Waals surface area contributed by atoms with Crippen molar-refractivity contribution in [1.82, 2.24) is 20.6 Å². The molecule has 0 amide bonds. The largest absolute Gasteiger partial charge is 0.495 e. The quantitative estimate of drug-likeness (QED) is 0.753. The molecule has 2 aromatic rings. The summed E-state index contributed by atoms with van der Waals surface area (Å²) >= 11 is 0. The molecule has 24 heavy (non-hydrogen) atoms. The number of aromatic nitrogens is 1. The van der Waals surface area contributed by atoms with Crippen LogP contribution in [0.3, 0.4) is 0 Å². The average Bonchev–Trinajstić information content (AvgIpc) is 3.03. The number of nitrogens with zero attached hydrogens (tertiary/aromatic N) is 1. The topological polar surface area (TPSA) is 92.4 Å². The van der Waals surface area contributed by atoms with E-state index in [4.69, 9.17) is 4.74 Å². The number of hydrazine groups is 1. The van der Waals surface area contributed by atoms with E-state index < -0.39 is 16.2 Å². The number of methoxy groups -OCH3 is 1. The number of benzene rings is 1. The predicted octanol–water partition coefficient (Wildman–Crippen LogP) is 1.24. The molecule has 8 heteroatoms. The van der Waals surface area contributed by atoms with Crippen LogP contribution in [0.5, 0.6) is 5.75 Å². The lowest BCUT2D eigenvalue weighted by Gasteiger charge is -2.15. The number of aryl methyl sites for hydroxylation is 1. The Morgan fingerprint density at radius 3 is 2.67 bits per heavy atom. The van der Waals surface area contributed by atoms with Gasteiger partial charge in [0.15, 0.2) is 0 Å². The molecule has 1 fully saturated rings. The van der Waals surface area contributed by atoms with Crippen LogP contribution in [0.15, 0.2) is 47.6 Å². The van der Waals surface area contributed by atoms with Crippen LogP contribution in [-0.2, 0) is 10.0 Å². The molecule has 1 aliphatic rings.